The van der Waals surface area contributed by atoms with E-state index in [1.165, 1.54) is 6.20 Å². The monoisotopic (exact) mass is 179 g/mol. The van der Waals surface area contributed by atoms with Crippen molar-refractivity contribution in [1.82, 2.24) is 14.9 Å². The quantitative estimate of drug-likeness (QED) is 0.512. The number of rotatable bonds is 5. The fourth-order valence-electron chi connectivity index (χ4n) is 0.961. The van der Waals surface area contributed by atoms with Crippen molar-refractivity contribution < 1.29 is 0 Å². The van der Waals surface area contributed by atoms with Crippen molar-refractivity contribution in [3.05, 3.63) is 41.6 Å². The second-order valence-corrected chi connectivity index (χ2v) is 2.59. The van der Waals surface area contributed by atoms with Crippen molar-refractivity contribution >= 4 is 0 Å². The maximum Gasteiger partial charge on any atom is 0.347 e. The van der Waals surface area contributed by atoms with E-state index in [0.29, 0.717) is 6.54 Å². The van der Waals surface area contributed by atoms with E-state index in [-0.39, 0.29) is 5.69 Å². The maximum atomic E-state index is 11.1. The molecule has 0 aliphatic carbocycles. The van der Waals surface area contributed by atoms with E-state index in [1.807, 2.05) is 0 Å². The number of nitrogens with one attached hydrogen (secondary N) is 1. The van der Waals surface area contributed by atoms with Gasteiger partial charge in [0.2, 0.25) is 0 Å². The number of nitrogens with zero attached hydrogens (tertiary/aromatic N) is 2. The SMILES string of the molecule is C=CCNCCn1cccnc1=O. The van der Waals surface area contributed by atoms with Gasteiger partial charge < -0.3 is 5.32 Å². The lowest BCUT2D eigenvalue weighted by atomic mass is 10.5. The molecule has 0 bridgehead atoms. The van der Waals surface area contributed by atoms with Crippen molar-refractivity contribution in [3.8, 4) is 0 Å². The van der Waals surface area contributed by atoms with Gasteiger partial charge in [0.25, 0.3) is 0 Å². The van der Waals surface area contributed by atoms with E-state index in [4.69, 9.17) is 0 Å². The Hall–Kier alpha value is -1.42. The zero-order valence-corrected chi connectivity index (χ0v) is 7.44. The molecule has 70 valence electrons. The van der Waals surface area contributed by atoms with Crippen LogP contribution < -0.4 is 11.0 Å². The van der Waals surface area contributed by atoms with Crippen LogP contribution in [0.5, 0.6) is 0 Å². The first kappa shape index (κ1) is 9.67. The van der Waals surface area contributed by atoms with Crippen LogP contribution in [-0.4, -0.2) is 22.6 Å². The molecule has 0 saturated heterocycles. The highest BCUT2D eigenvalue weighted by Crippen LogP contribution is 1.77. The van der Waals surface area contributed by atoms with Crippen LogP contribution in [-0.2, 0) is 6.54 Å². The fourth-order valence-corrected chi connectivity index (χ4v) is 0.961. The summed E-state index contributed by atoms with van der Waals surface area (Å²) < 4.78 is 1.57. The molecule has 1 N–H and O–H groups in total. The third-order valence-electron chi connectivity index (χ3n) is 1.60. The van der Waals surface area contributed by atoms with Gasteiger partial charge in [-0.15, -0.1) is 6.58 Å². The van der Waals surface area contributed by atoms with Crippen LogP contribution in [0.4, 0.5) is 0 Å². The Balaban J connectivity index is 2.41. The summed E-state index contributed by atoms with van der Waals surface area (Å²) in [6.45, 7) is 5.73. The second-order valence-electron chi connectivity index (χ2n) is 2.59. The molecule has 0 saturated carbocycles. The summed E-state index contributed by atoms with van der Waals surface area (Å²) in [5.41, 5.74) is -0.206. The Labute approximate surface area is 76.9 Å². The molecule has 0 aliphatic heterocycles. The van der Waals surface area contributed by atoms with Gasteiger partial charge in [0, 0.05) is 32.0 Å². The Morgan fingerprint density at radius 2 is 2.54 bits per heavy atom. The van der Waals surface area contributed by atoms with E-state index < -0.39 is 0 Å². The molecule has 0 unspecified atom stereocenters. The Morgan fingerprint density at radius 1 is 1.69 bits per heavy atom. The van der Waals surface area contributed by atoms with Gasteiger partial charge in [-0.05, 0) is 6.07 Å². The number of hydrogen-bond acceptors (Lipinski definition) is 3. The predicted octanol–water partition coefficient (Wildman–Crippen LogP) is 0.0189. The molecule has 4 nitrogen and oxygen atoms in total. The summed E-state index contributed by atoms with van der Waals surface area (Å²) in [5.74, 6) is 0. The molecule has 1 aromatic rings. The van der Waals surface area contributed by atoms with Crippen molar-refractivity contribution in [2.75, 3.05) is 13.1 Å². The van der Waals surface area contributed by atoms with Gasteiger partial charge in [-0.3, -0.25) is 4.57 Å². The minimum atomic E-state index is -0.206. The van der Waals surface area contributed by atoms with Crippen LogP contribution in [0.2, 0.25) is 0 Å². The van der Waals surface area contributed by atoms with Crippen molar-refractivity contribution in [3.63, 3.8) is 0 Å². The molecule has 0 atom stereocenters. The van der Waals surface area contributed by atoms with Gasteiger partial charge in [-0.2, -0.15) is 0 Å². The molecular formula is C9H13N3O. The first-order valence-electron chi connectivity index (χ1n) is 4.17. The predicted molar refractivity (Wildman–Crippen MR) is 51.6 cm³/mol. The second kappa shape index (κ2) is 5.27. The zero-order chi connectivity index (χ0) is 9.52. The molecular weight excluding hydrogens is 166 g/mol. The van der Waals surface area contributed by atoms with Gasteiger partial charge >= 0.3 is 5.69 Å². The first-order valence-corrected chi connectivity index (χ1v) is 4.17. The van der Waals surface area contributed by atoms with Gasteiger partial charge in [0.15, 0.2) is 0 Å². The van der Waals surface area contributed by atoms with Crippen molar-refractivity contribution in [1.29, 1.82) is 0 Å². The molecule has 0 radical (unpaired) electrons. The summed E-state index contributed by atoms with van der Waals surface area (Å²) in [6.07, 6.45) is 5.01. The smallest absolute Gasteiger partial charge is 0.312 e. The highest BCUT2D eigenvalue weighted by molar-refractivity contribution is 4.81. The van der Waals surface area contributed by atoms with E-state index in [0.717, 1.165) is 13.1 Å². The van der Waals surface area contributed by atoms with E-state index >= 15 is 0 Å². The summed E-state index contributed by atoms with van der Waals surface area (Å²) in [5, 5.41) is 3.11. The lowest BCUT2D eigenvalue weighted by Crippen LogP contribution is -2.27. The van der Waals surface area contributed by atoms with Gasteiger partial charge in [-0.1, -0.05) is 6.08 Å². The highest BCUT2D eigenvalue weighted by atomic mass is 16.1. The van der Waals surface area contributed by atoms with Crippen LogP contribution in [0.1, 0.15) is 0 Å². The van der Waals surface area contributed by atoms with E-state index in [1.54, 1.807) is 22.9 Å². The van der Waals surface area contributed by atoms with Crippen LogP contribution in [0, 0.1) is 0 Å². The lowest BCUT2D eigenvalue weighted by Gasteiger charge is -2.03. The van der Waals surface area contributed by atoms with Gasteiger partial charge in [0.05, 0.1) is 0 Å². The maximum absolute atomic E-state index is 11.1. The lowest BCUT2D eigenvalue weighted by molar-refractivity contribution is 0.597. The zero-order valence-electron chi connectivity index (χ0n) is 7.44. The molecule has 1 heterocycles. The van der Waals surface area contributed by atoms with Gasteiger partial charge in [0.1, 0.15) is 0 Å². The average molecular weight is 179 g/mol. The molecule has 1 rings (SSSR count). The van der Waals surface area contributed by atoms with Crippen molar-refractivity contribution in [2.24, 2.45) is 0 Å². The Morgan fingerprint density at radius 3 is 3.23 bits per heavy atom. The minimum absolute atomic E-state index is 0.206. The highest BCUT2D eigenvalue weighted by Gasteiger charge is 1.92. The standard InChI is InChI=1S/C9H13N3O/c1-2-4-10-6-8-12-7-3-5-11-9(12)13/h2-3,5,7,10H,1,4,6,8H2. The van der Waals surface area contributed by atoms with Crippen LogP contribution >= 0.6 is 0 Å². The third-order valence-corrected chi connectivity index (χ3v) is 1.60. The van der Waals surface area contributed by atoms with E-state index in [2.05, 4.69) is 16.9 Å². The summed E-state index contributed by atoms with van der Waals surface area (Å²) in [4.78, 5) is 14.7. The summed E-state index contributed by atoms with van der Waals surface area (Å²) >= 11 is 0. The fraction of sp³-hybridized carbons (Fsp3) is 0.333. The first-order chi connectivity index (χ1) is 6.34. The summed E-state index contributed by atoms with van der Waals surface area (Å²) in [7, 11) is 0. The van der Waals surface area contributed by atoms with Crippen LogP contribution in [0.25, 0.3) is 0 Å². The molecule has 13 heavy (non-hydrogen) atoms. The molecule has 0 spiro atoms. The minimum Gasteiger partial charge on any atom is -0.312 e. The molecule has 0 aliphatic rings. The third kappa shape index (κ3) is 3.21. The average Bonchev–Trinajstić information content (AvgIpc) is 2.15. The van der Waals surface area contributed by atoms with E-state index in [9.17, 15) is 4.79 Å². The molecule has 0 amide bonds. The molecule has 4 heteroatoms. The largest absolute Gasteiger partial charge is 0.347 e. The molecule has 1 aromatic heterocycles. The molecule has 0 aromatic carbocycles. The van der Waals surface area contributed by atoms with Crippen molar-refractivity contribution in [2.45, 2.75) is 6.54 Å². The number of aromatic nitrogens is 2. The van der Waals surface area contributed by atoms with Crippen LogP contribution in [0.15, 0.2) is 35.9 Å². The normalized spacial score (nSPS) is 9.85. The summed E-state index contributed by atoms with van der Waals surface area (Å²) in [6, 6.07) is 1.74. The molecule has 0 fully saturated rings. The Bertz CT molecular complexity index is 319. The Kier molecular flexibility index (Phi) is 3.92. The van der Waals surface area contributed by atoms with Crippen LogP contribution in [0.3, 0.4) is 0 Å². The topological polar surface area (TPSA) is 46.9 Å². The number of hydrogen-bond donors (Lipinski definition) is 1. The van der Waals surface area contributed by atoms with Gasteiger partial charge in [-0.25, -0.2) is 9.78 Å².